The summed E-state index contributed by atoms with van der Waals surface area (Å²) in [6.07, 6.45) is -8.72. The van der Waals surface area contributed by atoms with E-state index in [1.807, 2.05) is 0 Å². The minimum atomic E-state index is -4.94. The van der Waals surface area contributed by atoms with Gasteiger partial charge in [-0.2, -0.15) is 31.0 Å². The molecule has 14 heteroatoms. The first-order valence-corrected chi connectivity index (χ1v) is 8.28. The molecule has 3 aromatic rings. The van der Waals surface area contributed by atoms with Crippen LogP contribution < -0.4 is 13.7 Å². The number of fused-ring (bicyclic) bond motifs is 2. The monoisotopic (exact) mass is 418 g/mol. The van der Waals surface area contributed by atoms with Gasteiger partial charge in [-0.05, 0) is 0 Å². The number of benzene rings is 1. The van der Waals surface area contributed by atoms with Crippen LogP contribution >= 0.6 is 0 Å². The largest absolute Gasteiger partial charge is 0.507 e. The molecule has 1 aromatic carbocycles. The minimum Gasteiger partial charge on any atom is -0.421 e. The molecule has 0 spiro atoms. The van der Waals surface area contributed by atoms with Gasteiger partial charge in [-0.1, -0.05) is 5.16 Å². The zero-order chi connectivity index (χ0) is 20.3. The Morgan fingerprint density at radius 2 is 1.86 bits per heavy atom. The summed E-state index contributed by atoms with van der Waals surface area (Å²) in [6, 6.07) is 3.34. The smallest absolute Gasteiger partial charge is 0.421 e. The summed E-state index contributed by atoms with van der Waals surface area (Å²) in [5.74, 6) is -1.74. The van der Waals surface area contributed by atoms with Gasteiger partial charge >= 0.3 is 23.5 Å². The van der Waals surface area contributed by atoms with Crippen LogP contribution in [0.5, 0.6) is 17.2 Å². The summed E-state index contributed by atoms with van der Waals surface area (Å²) >= 11 is -2.41. The summed E-state index contributed by atoms with van der Waals surface area (Å²) < 4.78 is 84.8. The van der Waals surface area contributed by atoms with Crippen molar-refractivity contribution in [3.8, 4) is 23.3 Å². The maximum Gasteiger partial charge on any atom is 0.507 e. The first-order valence-electron chi connectivity index (χ1n) is 7.25. The number of aryl methyl sites for hydroxylation is 1. The van der Waals surface area contributed by atoms with Gasteiger partial charge in [-0.15, -0.1) is 0 Å². The molecule has 1 unspecified atom stereocenters. The highest BCUT2D eigenvalue weighted by Crippen LogP contribution is 2.48. The number of hydrogen-bond acceptors (Lipinski definition) is 8. The van der Waals surface area contributed by atoms with Crippen molar-refractivity contribution in [2.24, 2.45) is 0 Å². The number of nitrogens with zero attached hydrogens (tertiary/aromatic N) is 4. The van der Waals surface area contributed by atoms with Crippen LogP contribution in [0.4, 0.5) is 17.6 Å². The quantitative estimate of drug-likeness (QED) is 0.597. The number of hydrogen-bond donors (Lipinski definition) is 0. The topological polar surface area (TPSA) is 112 Å². The van der Waals surface area contributed by atoms with E-state index in [9.17, 15) is 27.0 Å². The molecule has 0 aliphatic carbocycles. The molecule has 0 saturated carbocycles. The Morgan fingerprint density at radius 3 is 2.43 bits per heavy atom. The third-order valence-corrected chi connectivity index (χ3v) is 4.60. The molecule has 2 aromatic heterocycles. The Bertz CT molecular complexity index is 1170. The standard InChI is InChI=1S/C14H6F4N4O5S/c1-6-11(5-20-26-6)27-28(23)22-8-3-10-9(2-7(8)21-12(22)4-19)24-13(15,16)14(17,18)25-10/h2-3,5H,1H3. The Balaban J connectivity index is 1.83. The van der Waals surface area contributed by atoms with Crippen molar-refractivity contribution in [1.29, 1.82) is 5.26 Å². The van der Waals surface area contributed by atoms with E-state index in [-0.39, 0.29) is 22.5 Å². The maximum absolute atomic E-state index is 13.4. The van der Waals surface area contributed by atoms with Gasteiger partial charge in [0.2, 0.25) is 11.6 Å². The maximum atomic E-state index is 13.4. The summed E-state index contributed by atoms with van der Waals surface area (Å²) in [4.78, 5) is 3.82. The fourth-order valence-electron chi connectivity index (χ4n) is 2.32. The Kier molecular flexibility index (Phi) is 3.76. The van der Waals surface area contributed by atoms with Crippen LogP contribution in [0.25, 0.3) is 11.0 Å². The lowest BCUT2D eigenvalue weighted by Gasteiger charge is -2.31. The van der Waals surface area contributed by atoms with Crippen LogP contribution in [0.2, 0.25) is 0 Å². The van der Waals surface area contributed by atoms with E-state index >= 15 is 0 Å². The van der Waals surface area contributed by atoms with Crippen molar-refractivity contribution in [3.63, 3.8) is 0 Å². The molecule has 146 valence electrons. The predicted octanol–water partition coefficient (Wildman–Crippen LogP) is 2.67. The number of nitriles is 1. The van der Waals surface area contributed by atoms with Gasteiger partial charge in [-0.25, -0.2) is 4.98 Å². The lowest BCUT2D eigenvalue weighted by molar-refractivity contribution is -0.391. The Hall–Kier alpha value is -3.34. The van der Waals surface area contributed by atoms with E-state index in [4.69, 9.17) is 8.71 Å². The molecule has 28 heavy (non-hydrogen) atoms. The van der Waals surface area contributed by atoms with E-state index in [0.717, 1.165) is 22.3 Å². The van der Waals surface area contributed by atoms with Crippen LogP contribution in [0.15, 0.2) is 22.9 Å². The zero-order valence-electron chi connectivity index (χ0n) is 13.5. The van der Waals surface area contributed by atoms with Gasteiger partial charge < -0.3 is 18.2 Å². The van der Waals surface area contributed by atoms with E-state index < -0.39 is 40.8 Å². The normalized spacial score (nSPS) is 17.9. The molecule has 1 atom stereocenters. The summed E-state index contributed by atoms with van der Waals surface area (Å²) in [5, 5.41) is 12.7. The molecule has 9 nitrogen and oxygen atoms in total. The Morgan fingerprint density at radius 1 is 1.21 bits per heavy atom. The number of ether oxygens (including phenoxy) is 2. The van der Waals surface area contributed by atoms with Gasteiger partial charge in [0.1, 0.15) is 12.3 Å². The van der Waals surface area contributed by atoms with E-state index in [1.165, 1.54) is 6.92 Å². The average molecular weight is 418 g/mol. The van der Waals surface area contributed by atoms with Crippen molar-refractivity contribution in [2.45, 2.75) is 19.1 Å². The van der Waals surface area contributed by atoms with Gasteiger partial charge in [0.25, 0.3) is 0 Å². The molecule has 1 aliphatic rings. The first-order chi connectivity index (χ1) is 13.1. The van der Waals surface area contributed by atoms with Crippen molar-refractivity contribution in [3.05, 3.63) is 29.9 Å². The number of halogens is 4. The zero-order valence-corrected chi connectivity index (χ0v) is 14.3. The third-order valence-electron chi connectivity index (χ3n) is 3.61. The van der Waals surface area contributed by atoms with E-state index in [0.29, 0.717) is 0 Å². The molecule has 0 saturated heterocycles. The van der Waals surface area contributed by atoms with Gasteiger partial charge in [0.05, 0.1) is 11.0 Å². The van der Waals surface area contributed by atoms with Crippen molar-refractivity contribution in [2.75, 3.05) is 0 Å². The third kappa shape index (κ3) is 2.62. The summed E-state index contributed by atoms with van der Waals surface area (Å²) in [5.41, 5.74) is -0.300. The second kappa shape index (κ2) is 5.83. The lowest BCUT2D eigenvalue weighted by atomic mass is 10.2. The van der Waals surface area contributed by atoms with Crippen LogP contribution in [-0.4, -0.2) is 30.5 Å². The highest BCUT2D eigenvalue weighted by atomic mass is 32.2. The number of imidazole rings is 1. The van der Waals surface area contributed by atoms with E-state index in [2.05, 4.69) is 19.6 Å². The predicted molar refractivity (Wildman–Crippen MR) is 81.0 cm³/mol. The summed E-state index contributed by atoms with van der Waals surface area (Å²) in [6.45, 7) is 1.47. The second-order valence-corrected chi connectivity index (χ2v) is 6.38. The molecule has 3 heterocycles. The molecule has 0 N–H and O–H groups in total. The van der Waals surface area contributed by atoms with Gasteiger partial charge in [0.15, 0.2) is 17.3 Å². The Labute approximate surface area is 154 Å². The molecular formula is C14H6F4N4O5S. The van der Waals surface area contributed by atoms with E-state index in [1.54, 1.807) is 6.07 Å². The molecule has 0 amide bonds. The fraction of sp³-hybridized carbons (Fsp3) is 0.214. The fourth-order valence-corrected chi connectivity index (χ4v) is 3.24. The molecular weight excluding hydrogens is 412 g/mol. The molecule has 1 aliphatic heterocycles. The number of alkyl halides is 4. The summed E-state index contributed by atoms with van der Waals surface area (Å²) in [7, 11) is 0. The van der Waals surface area contributed by atoms with Crippen molar-refractivity contribution in [1.82, 2.24) is 14.1 Å². The van der Waals surface area contributed by atoms with Crippen LogP contribution in [-0.2, 0) is 11.3 Å². The molecule has 0 radical (unpaired) electrons. The van der Waals surface area contributed by atoms with Crippen LogP contribution in [0.3, 0.4) is 0 Å². The van der Waals surface area contributed by atoms with Crippen molar-refractivity contribution < 1.29 is 40.0 Å². The highest BCUT2D eigenvalue weighted by Gasteiger charge is 2.66. The SMILES string of the molecule is Cc1oncc1OS(=O)n1c(C#N)nc2cc3c(cc21)OC(F)(F)C(F)(F)O3. The molecule has 0 bridgehead atoms. The number of rotatable bonds is 3. The van der Waals surface area contributed by atoms with Gasteiger partial charge in [-0.3, -0.25) is 0 Å². The minimum absolute atomic E-state index is 0.00667. The average Bonchev–Trinajstić information content (AvgIpc) is 3.16. The molecule has 4 rings (SSSR count). The number of aromatic nitrogens is 3. The first kappa shape index (κ1) is 18.0. The highest BCUT2D eigenvalue weighted by molar-refractivity contribution is 7.79. The van der Waals surface area contributed by atoms with Crippen LogP contribution in [0, 0.1) is 18.3 Å². The van der Waals surface area contributed by atoms with Gasteiger partial charge in [0, 0.05) is 19.1 Å². The second-order valence-electron chi connectivity index (χ2n) is 5.41. The van der Waals surface area contributed by atoms with Crippen molar-refractivity contribution >= 4 is 22.3 Å². The van der Waals surface area contributed by atoms with Crippen LogP contribution in [0.1, 0.15) is 11.6 Å². The lowest BCUT2D eigenvalue weighted by Crippen LogP contribution is -2.52. The molecule has 0 fully saturated rings.